The number of aromatic nitrogens is 2. The van der Waals surface area contributed by atoms with Crippen molar-refractivity contribution in [2.45, 2.75) is 13.0 Å². The van der Waals surface area contributed by atoms with Gasteiger partial charge in [-0.1, -0.05) is 0 Å². The molecule has 0 bridgehead atoms. The Morgan fingerprint density at radius 2 is 2.12 bits per heavy atom. The van der Waals surface area contributed by atoms with E-state index in [4.69, 9.17) is 4.74 Å². The average molecular weight is 373 g/mol. The van der Waals surface area contributed by atoms with Gasteiger partial charge >= 0.3 is 0 Å². The van der Waals surface area contributed by atoms with Gasteiger partial charge in [0, 0.05) is 11.8 Å². The van der Waals surface area contributed by atoms with Crippen LogP contribution in [0.15, 0.2) is 42.7 Å². The second kappa shape index (κ2) is 6.45. The third-order valence-corrected chi connectivity index (χ3v) is 4.96. The van der Waals surface area contributed by atoms with Crippen LogP contribution in [-0.2, 0) is 0 Å². The van der Waals surface area contributed by atoms with E-state index in [0.717, 1.165) is 23.5 Å². The first kappa shape index (κ1) is 16.6. The van der Waals surface area contributed by atoms with Gasteiger partial charge in [-0.05, 0) is 37.3 Å². The number of carbonyl (C=O) groups is 1. The molecular weight excluding hydrogens is 360 g/mol. The van der Waals surface area contributed by atoms with Crippen LogP contribution in [0.25, 0.3) is 10.6 Å². The summed E-state index contributed by atoms with van der Waals surface area (Å²) >= 11 is 1.13. The van der Waals surface area contributed by atoms with Gasteiger partial charge in [-0.25, -0.2) is 18.7 Å². The number of anilines is 1. The fraction of sp³-hybridized carbons (Fsp3) is 0.167. The number of ether oxygens (including phenoxy) is 1. The van der Waals surface area contributed by atoms with Crippen LogP contribution in [0.5, 0.6) is 5.88 Å². The lowest BCUT2D eigenvalue weighted by Crippen LogP contribution is -2.42. The van der Waals surface area contributed by atoms with Crippen molar-refractivity contribution in [3.05, 3.63) is 59.2 Å². The van der Waals surface area contributed by atoms with Crippen molar-refractivity contribution in [2.75, 3.05) is 11.4 Å². The van der Waals surface area contributed by atoms with Crippen LogP contribution in [0.4, 0.5) is 14.5 Å². The van der Waals surface area contributed by atoms with Gasteiger partial charge < -0.3 is 4.74 Å². The minimum atomic E-state index is -0.951. The molecule has 1 aromatic carbocycles. The monoisotopic (exact) mass is 373 g/mol. The summed E-state index contributed by atoms with van der Waals surface area (Å²) < 4.78 is 32.2. The fourth-order valence-corrected chi connectivity index (χ4v) is 3.58. The number of fused-ring (bicyclic) bond motifs is 1. The lowest BCUT2D eigenvalue weighted by atomic mass is 10.2. The minimum Gasteiger partial charge on any atom is -0.471 e. The number of rotatable bonds is 2. The van der Waals surface area contributed by atoms with E-state index in [1.165, 1.54) is 12.3 Å². The van der Waals surface area contributed by atoms with Crippen molar-refractivity contribution in [3.8, 4) is 16.5 Å². The van der Waals surface area contributed by atoms with Crippen molar-refractivity contribution in [3.63, 3.8) is 0 Å². The first-order valence-corrected chi connectivity index (χ1v) is 8.69. The van der Waals surface area contributed by atoms with Crippen molar-refractivity contribution < 1.29 is 18.3 Å². The van der Waals surface area contributed by atoms with Gasteiger partial charge in [0.1, 0.15) is 21.7 Å². The van der Waals surface area contributed by atoms with Crippen LogP contribution < -0.4 is 9.64 Å². The summed E-state index contributed by atoms with van der Waals surface area (Å²) in [4.78, 5) is 23.3. The molecule has 4 rings (SSSR count). The Hall–Kier alpha value is -2.87. The van der Waals surface area contributed by atoms with E-state index in [2.05, 4.69) is 9.97 Å². The Kier molecular flexibility index (Phi) is 4.12. The Morgan fingerprint density at radius 1 is 1.27 bits per heavy atom. The molecule has 1 aliphatic rings. The number of amides is 1. The van der Waals surface area contributed by atoms with E-state index in [9.17, 15) is 13.6 Å². The quantitative estimate of drug-likeness (QED) is 0.683. The molecule has 3 heterocycles. The molecule has 1 atom stereocenters. The third-order valence-electron chi connectivity index (χ3n) is 3.92. The maximum absolute atomic E-state index is 13.4. The number of benzene rings is 1. The molecule has 0 radical (unpaired) electrons. The SMILES string of the molecule is C[C@@H]1CN(C(=O)c2cnc(-c3ccc(F)c(F)c3)s2)c2cccnc2O1. The molecule has 1 amide bonds. The highest BCUT2D eigenvalue weighted by atomic mass is 32.1. The first-order valence-electron chi connectivity index (χ1n) is 7.87. The highest BCUT2D eigenvalue weighted by molar-refractivity contribution is 7.17. The molecule has 1 aliphatic heterocycles. The number of hydrogen-bond acceptors (Lipinski definition) is 5. The normalized spacial score (nSPS) is 16.1. The second-order valence-electron chi connectivity index (χ2n) is 5.83. The zero-order valence-corrected chi connectivity index (χ0v) is 14.5. The number of pyridine rings is 1. The topological polar surface area (TPSA) is 55.3 Å². The zero-order valence-electron chi connectivity index (χ0n) is 13.6. The first-order chi connectivity index (χ1) is 12.5. The van der Waals surface area contributed by atoms with Crippen LogP contribution in [0.1, 0.15) is 16.6 Å². The number of thiazole rings is 1. The Balaban J connectivity index is 1.66. The van der Waals surface area contributed by atoms with E-state index in [-0.39, 0.29) is 12.0 Å². The summed E-state index contributed by atoms with van der Waals surface area (Å²) in [5.41, 5.74) is 1.02. The molecule has 3 aromatic rings. The zero-order chi connectivity index (χ0) is 18.3. The second-order valence-corrected chi connectivity index (χ2v) is 6.86. The maximum atomic E-state index is 13.4. The van der Waals surface area contributed by atoms with Crippen LogP contribution in [-0.4, -0.2) is 28.5 Å². The average Bonchev–Trinajstić information content (AvgIpc) is 3.13. The molecule has 0 fully saturated rings. The molecule has 0 N–H and O–H groups in total. The smallest absolute Gasteiger partial charge is 0.270 e. The summed E-state index contributed by atoms with van der Waals surface area (Å²) in [7, 11) is 0. The summed E-state index contributed by atoms with van der Waals surface area (Å²) in [6, 6.07) is 7.04. The number of nitrogens with zero attached hydrogens (tertiary/aromatic N) is 3. The standard InChI is InChI=1S/C18H13F2N3O2S/c1-10-9-23(14-3-2-6-21-16(14)25-10)18(24)15-8-22-17(26-15)11-4-5-12(19)13(20)7-11/h2-8,10H,9H2,1H3/t10-/m1/s1. The van der Waals surface area contributed by atoms with Crippen LogP contribution in [0, 0.1) is 11.6 Å². The fourth-order valence-electron chi connectivity index (χ4n) is 2.72. The van der Waals surface area contributed by atoms with Crippen molar-refractivity contribution in [1.82, 2.24) is 9.97 Å². The number of carbonyl (C=O) groups excluding carboxylic acids is 1. The van der Waals surface area contributed by atoms with Gasteiger partial charge in [-0.2, -0.15) is 0 Å². The highest BCUT2D eigenvalue weighted by Gasteiger charge is 2.30. The molecule has 5 nitrogen and oxygen atoms in total. The third kappa shape index (κ3) is 2.92. The van der Waals surface area contributed by atoms with Crippen molar-refractivity contribution in [2.24, 2.45) is 0 Å². The predicted octanol–water partition coefficient (Wildman–Crippen LogP) is 3.91. The lowest BCUT2D eigenvalue weighted by molar-refractivity contribution is 0.0962. The minimum absolute atomic E-state index is 0.195. The molecule has 0 spiro atoms. The Bertz CT molecular complexity index is 992. The van der Waals surface area contributed by atoms with Gasteiger partial charge in [0.15, 0.2) is 11.6 Å². The van der Waals surface area contributed by atoms with Gasteiger partial charge in [-0.15, -0.1) is 11.3 Å². The number of halogens is 2. The Morgan fingerprint density at radius 3 is 2.92 bits per heavy atom. The van der Waals surface area contributed by atoms with Gasteiger partial charge in [-0.3, -0.25) is 9.69 Å². The maximum Gasteiger partial charge on any atom is 0.270 e. The van der Waals surface area contributed by atoms with E-state index < -0.39 is 11.6 Å². The van der Waals surface area contributed by atoms with Crippen LogP contribution >= 0.6 is 11.3 Å². The van der Waals surface area contributed by atoms with Gasteiger partial charge in [0.2, 0.25) is 5.88 Å². The Labute approximate surface area is 151 Å². The van der Waals surface area contributed by atoms with Gasteiger partial charge in [0.05, 0.1) is 12.7 Å². The highest BCUT2D eigenvalue weighted by Crippen LogP contribution is 2.34. The summed E-state index contributed by atoms with van der Waals surface area (Å²) in [5, 5.41) is 0.444. The van der Waals surface area contributed by atoms with E-state index in [1.807, 2.05) is 6.92 Å². The van der Waals surface area contributed by atoms with E-state index in [1.54, 1.807) is 23.2 Å². The molecular formula is C18H13F2N3O2S. The summed E-state index contributed by atoms with van der Waals surface area (Å²) in [5.74, 6) is -1.70. The van der Waals surface area contributed by atoms with Crippen molar-refractivity contribution >= 4 is 22.9 Å². The van der Waals surface area contributed by atoms with Crippen LogP contribution in [0.3, 0.4) is 0 Å². The van der Waals surface area contributed by atoms with Gasteiger partial charge in [0.25, 0.3) is 5.91 Å². The van der Waals surface area contributed by atoms with E-state index >= 15 is 0 Å². The predicted molar refractivity (Wildman–Crippen MR) is 93.5 cm³/mol. The molecule has 26 heavy (non-hydrogen) atoms. The summed E-state index contributed by atoms with van der Waals surface area (Å²) in [6.45, 7) is 2.24. The van der Waals surface area contributed by atoms with E-state index in [0.29, 0.717) is 33.6 Å². The summed E-state index contributed by atoms with van der Waals surface area (Å²) in [6.07, 6.45) is 2.85. The largest absolute Gasteiger partial charge is 0.471 e. The van der Waals surface area contributed by atoms with Crippen molar-refractivity contribution in [1.29, 1.82) is 0 Å². The van der Waals surface area contributed by atoms with Crippen LogP contribution in [0.2, 0.25) is 0 Å². The lowest BCUT2D eigenvalue weighted by Gasteiger charge is -2.32. The molecule has 0 aliphatic carbocycles. The molecule has 8 heteroatoms. The number of hydrogen-bond donors (Lipinski definition) is 0. The molecule has 2 aromatic heterocycles. The molecule has 0 unspecified atom stereocenters. The molecule has 132 valence electrons. The molecule has 0 saturated carbocycles. The molecule has 0 saturated heterocycles.